The van der Waals surface area contributed by atoms with Crippen molar-refractivity contribution < 1.29 is 4.52 Å². The van der Waals surface area contributed by atoms with Crippen LogP contribution in [0.25, 0.3) is 10.7 Å². The fourth-order valence-corrected chi connectivity index (χ4v) is 4.06. The topological polar surface area (TPSA) is 63.8 Å². The summed E-state index contributed by atoms with van der Waals surface area (Å²) in [7, 11) is 0. The third kappa shape index (κ3) is 2.82. The van der Waals surface area contributed by atoms with Crippen molar-refractivity contribution >= 4 is 23.1 Å². The zero-order valence-corrected chi connectivity index (χ0v) is 12.3. The molecular weight excluding hydrogens is 280 g/mol. The molecule has 2 atom stereocenters. The predicted octanol–water partition coefficient (Wildman–Crippen LogP) is 2.39. The first-order chi connectivity index (χ1) is 9.38. The van der Waals surface area contributed by atoms with Gasteiger partial charge in [0, 0.05) is 23.7 Å². The van der Waals surface area contributed by atoms with Gasteiger partial charge in [0.05, 0.1) is 16.3 Å². The van der Waals surface area contributed by atoms with E-state index >= 15 is 0 Å². The first kappa shape index (κ1) is 13.1. The van der Waals surface area contributed by atoms with Gasteiger partial charge in [0.25, 0.3) is 0 Å². The molecule has 2 unspecified atom stereocenters. The fourth-order valence-electron chi connectivity index (χ4n) is 2.14. The number of aromatic nitrogens is 3. The molecule has 0 bridgehead atoms. The van der Waals surface area contributed by atoms with Crippen LogP contribution in [0.5, 0.6) is 0 Å². The summed E-state index contributed by atoms with van der Waals surface area (Å²) in [5, 5.41) is 7.63. The third-order valence-electron chi connectivity index (χ3n) is 3.15. The third-order valence-corrected chi connectivity index (χ3v) is 5.11. The monoisotopic (exact) mass is 296 g/mol. The van der Waals surface area contributed by atoms with Crippen LogP contribution in [0.15, 0.2) is 16.2 Å². The number of thiazole rings is 1. The molecule has 19 heavy (non-hydrogen) atoms. The average Bonchev–Trinajstić information content (AvgIpc) is 3.14. The van der Waals surface area contributed by atoms with Gasteiger partial charge in [-0.15, -0.1) is 11.3 Å². The van der Waals surface area contributed by atoms with Gasteiger partial charge in [0.15, 0.2) is 0 Å². The van der Waals surface area contributed by atoms with E-state index in [1.807, 2.05) is 11.8 Å². The number of hydrogen-bond donors (Lipinski definition) is 1. The molecule has 0 aliphatic carbocycles. The Balaban J connectivity index is 1.75. The molecule has 2 aromatic heterocycles. The minimum Gasteiger partial charge on any atom is -0.339 e. The van der Waals surface area contributed by atoms with Crippen LogP contribution < -0.4 is 5.32 Å². The lowest BCUT2D eigenvalue weighted by molar-refractivity contribution is 0.339. The molecule has 102 valence electrons. The van der Waals surface area contributed by atoms with E-state index < -0.39 is 0 Å². The predicted molar refractivity (Wildman–Crippen MR) is 77.6 cm³/mol. The van der Waals surface area contributed by atoms with Crippen molar-refractivity contribution in [2.24, 2.45) is 0 Å². The number of nitrogens with one attached hydrogen (secondary N) is 1. The molecular formula is C12H16N4OS2. The maximum atomic E-state index is 5.45. The average molecular weight is 296 g/mol. The maximum Gasteiger partial charge on any atom is 0.232 e. The zero-order valence-electron chi connectivity index (χ0n) is 10.7. The fraction of sp³-hybridized carbons (Fsp3) is 0.583. The van der Waals surface area contributed by atoms with E-state index in [0.29, 0.717) is 17.8 Å². The largest absolute Gasteiger partial charge is 0.339 e. The lowest BCUT2D eigenvalue weighted by Crippen LogP contribution is -2.34. The SMILES string of the molecule is CCCNC1CSCC1c1nc(-c2cncs2)no1. The van der Waals surface area contributed by atoms with Crippen LogP contribution in [0.3, 0.4) is 0 Å². The smallest absolute Gasteiger partial charge is 0.232 e. The van der Waals surface area contributed by atoms with Gasteiger partial charge in [-0.05, 0) is 13.0 Å². The van der Waals surface area contributed by atoms with Crippen LogP contribution in [-0.4, -0.2) is 39.2 Å². The maximum absolute atomic E-state index is 5.45. The van der Waals surface area contributed by atoms with E-state index in [9.17, 15) is 0 Å². The molecule has 0 radical (unpaired) electrons. The van der Waals surface area contributed by atoms with Crippen LogP contribution in [0, 0.1) is 0 Å². The molecule has 1 saturated heterocycles. The second kappa shape index (κ2) is 6.02. The van der Waals surface area contributed by atoms with Gasteiger partial charge in [0.2, 0.25) is 11.7 Å². The summed E-state index contributed by atoms with van der Waals surface area (Å²) in [6.07, 6.45) is 2.92. The van der Waals surface area contributed by atoms with Crippen LogP contribution in [-0.2, 0) is 0 Å². The van der Waals surface area contributed by atoms with Crippen molar-refractivity contribution in [2.75, 3.05) is 18.1 Å². The van der Waals surface area contributed by atoms with Crippen LogP contribution in [0.1, 0.15) is 25.2 Å². The summed E-state index contributed by atoms with van der Waals surface area (Å²) in [6, 6.07) is 0.444. The molecule has 1 N–H and O–H groups in total. The highest BCUT2D eigenvalue weighted by Gasteiger charge is 2.33. The Labute approximate surface area is 120 Å². The van der Waals surface area contributed by atoms with E-state index in [1.165, 1.54) is 11.3 Å². The number of rotatable bonds is 5. The Morgan fingerprint density at radius 1 is 1.47 bits per heavy atom. The van der Waals surface area contributed by atoms with Gasteiger partial charge in [-0.3, -0.25) is 4.98 Å². The summed E-state index contributed by atoms with van der Waals surface area (Å²) < 4.78 is 5.45. The molecule has 3 rings (SSSR count). The van der Waals surface area contributed by atoms with Crippen LogP contribution in [0.2, 0.25) is 0 Å². The molecule has 0 saturated carbocycles. The first-order valence-electron chi connectivity index (χ1n) is 6.42. The highest BCUT2D eigenvalue weighted by Crippen LogP contribution is 2.33. The normalized spacial score (nSPS) is 23.0. The van der Waals surface area contributed by atoms with Crippen molar-refractivity contribution in [1.82, 2.24) is 20.4 Å². The molecule has 0 spiro atoms. The van der Waals surface area contributed by atoms with E-state index in [-0.39, 0.29) is 0 Å². The Hall–Kier alpha value is -0.920. The molecule has 1 aliphatic rings. The highest BCUT2D eigenvalue weighted by atomic mass is 32.2. The van der Waals surface area contributed by atoms with Crippen molar-refractivity contribution in [3.05, 3.63) is 17.6 Å². The second-order valence-electron chi connectivity index (χ2n) is 4.53. The number of nitrogens with zero attached hydrogens (tertiary/aromatic N) is 3. The second-order valence-corrected chi connectivity index (χ2v) is 6.49. The lowest BCUT2D eigenvalue weighted by Gasteiger charge is -2.16. The molecule has 1 fully saturated rings. The molecule has 1 aliphatic heterocycles. The standard InChI is InChI=1S/C12H16N4OS2/c1-2-3-14-9-6-18-5-8(9)12-15-11(16-17-12)10-4-13-7-19-10/h4,7-9,14H,2-3,5-6H2,1H3. The van der Waals surface area contributed by atoms with E-state index in [2.05, 4.69) is 27.4 Å². The minimum atomic E-state index is 0.325. The lowest BCUT2D eigenvalue weighted by atomic mass is 10.0. The molecule has 7 heteroatoms. The number of hydrogen-bond acceptors (Lipinski definition) is 7. The minimum absolute atomic E-state index is 0.325. The summed E-state index contributed by atoms with van der Waals surface area (Å²) in [5.41, 5.74) is 1.78. The molecule has 2 aromatic rings. The zero-order chi connectivity index (χ0) is 13.1. The molecule has 0 aromatic carbocycles. The van der Waals surface area contributed by atoms with Crippen molar-refractivity contribution in [3.8, 4) is 10.7 Å². The van der Waals surface area contributed by atoms with Gasteiger partial charge in [0.1, 0.15) is 0 Å². The van der Waals surface area contributed by atoms with Gasteiger partial charge in [-0.25, -0.2) is 0 Å². The Morgan fingerprint density at radius 3 is 3.21 bits per heavy atom. The summed E-state index contributed by atoms with van der Waals surface area (Å²) >= 11 is 3.47. The Morgan fingerprint density at radius 2 is 2.42 bits per heavy atom. The molecule has 0 amide bonds. The Kier molecular flexibility index (Phi) is 4.15. The summed E-state index contributed by atoms with van der Waals surface area (Å²) in [4.78, 5) is 9.53. The van der Waals surface area contributed by atoms with Crippen molar-refractivity contribution in [2.45, 2.75) is 25.3 Å². The summed E-state index contributed by atoms with van der Waals surface area (Å²) in [5.74, 6) is 3.89. The summed E-state index contributed by atoms with van der Waals surface area (Å²) in [6.45, 7) is 3.22. The van der Waals surface area contributed by atoms with Gasteiger partial charge in [-0.2, -0.15) is 16.7 Å². The highest BCUT2D eigenvalue weighted by molar-refractivity contribution is 7.99. The van der Waals surface area contributed by atoms with Gasteiger partial charge < -0.3 is 9.84 Å². The van der Waals surface area contributed by atoms with Crippen LogP contribution >= 0.6 is 23.1 Å². The van der Waals surface area contributed by atoms with Crippen LogP contribution in [0.4, 0.5) is 0 Å². The molecule has 5 nitrogen and oxygen atoms in total. The van der Waals surface area contributed by atoms with E-state index in [1.54, 1.807) is 11.7 Å². The van der Waals surface area contributed by atoms with Crippen molar-refractivity contribution in [1.29, 1.82) is 0 Å². The molecule has 3 heterocycles. The quantitative estimate of drug-likeness (QED) is 0.914. The van der Waals surface area contributed by atoms with Crippen molar-refractivity contribution in [3.63, 3.8) is 0 Å². The first-order valence-corrected chi connectivity index (χ1v) is 8.45. The Bertz CT molecular complexity index is 514. The van der Waals surface area contributed by atoms with Gasteiger partial charge >= 0.3 is 0 Å². The van der Waals surface area contributed by atoms with E-state index in [0.717, 1.165) is 35.2 Å². The number of thioether (sulfide) groups is 1. The van der Waals surface area contributed by atoms with Gasteiger partial charge in [-0.1, -0.05) is 12.1 Å². The van der Waals surface area contributed by atoms with E-state index in [4.69, 9.17) is 4.52 Å².